The van der Waals surface area contributed by atoms with Crippen LogP contribution in [0, 0.1) is 0 Å². The van der Waals surface area contributed by atoms with E-state index in [4.69, 9.17) is 10.5 Å². The third kappa shape index (κ3) is 7.15. The van der Waals surface area contributed by atoms with Crippen LogP contribution in [-0.4, -0.2) is 54.6 Å². The van der Waals surface area contributed by atoms with E-state index < -0.39 is 17.6 Å². The number of rotatable bonds is 7. The molecule has 3 aromatic rings. The Kier molecular flexibility index (Phi) is 7.91. The number of ether oxygens (including phenoxy) is 1. The largest absolute Gasteiger partial charge is 0.444 e. The monoisotopic (exact) mass is 571 g/mol. The Bertz CT molecular complexity index is 1260. The first-order valence-corrected chi connectivity index (χ1v) is 12.7. The van der Waals surface area contributed by atoms with Crippen LogP contribution < -0.4 is 21.7 Å². The van der Waals surface area contributed by atoms with Crippen LogP contribution in [0.3, 0.4) is 0 Å². The Balaban J connectivity index is 1.55. The smallest absolute Gasteiger partial charge is 0.407 e. The SMILES string of the molecule is CC(C)(C)OC(=O)N[C@H]1CCCC[C@H]1Nc1ncc(C(N)=O)c(Nc2cc(Br)cc(-n3nccn3)c2)n1. The van der Waals surface area contributed by atoms with Crippen LogP contribution in [-0.2, 0) is 4.74 Å². The number of benzene rings is 1. The number of nitrogens with two attached hydrogens (primary N) is 1. The lowest BCUT2D eigenvalue weighted by Crippen LogP contribution is -2.50. The molecule has 5 N–H and O–H groups in total. The van der Waals surface area contributed by atoms with Gasteiger partial charge in [0.1, 0.15) is 17.0 Å². The topological polar surface area (TPSA) is 162 Å². The molecule has 1 saturated carbocycles. The first-order chi connectivity index (χ1) is 17.6. The van der Waals surface area contributed by atoms with Crippen LogP contribution in [0.15, 0.2) is 41.3 Å². The van der Waals surface area contributed by atoms with Crippen LogP contribution in [0.2, 0.25) is 0 Å². The highest BCUT2D eigenvalue weighted by Gasteiger charge is 2.29. The summed E-state index contributed by atoms with van der Waals surface area (Å²) in [7, 11) is 0. The van der Waals surface area contributed by atoms with Crippen LogP contribution in [0.25, 0.3) is 5.69 Å². The number of nitrogens with zero attached hydrogens (tertiary/aromatic N) is 5. The van der Waals surface area contributed by atoms with Crippen molar-refractivity contribution in [1.29, 1.82) is 0 Å². The number of halogens is 1. The molecule has 12 nitrogen and oxygen atoms in total. The van der Waals surface area contributed by atoms with E-state index in [1.165, 1.54) is 11.0 Å². The highest BCUT2D eigenvalue weighted by molar-refractivity contribution is 9.10. The number of aromatic nitrogens is 5. The second kappa shape index (κ2) is 11.1. The number of nitrogens with one attached hydrogen (secondary N) is 3. The predicted octanol–water partition coefficient (Wildman–Crippen LogP) is 3.91. The van der Waals surface area contributed by atoms with Gasteiger partial charge >= 0.3 is 6.09 Å². The Morgan fingerprint density at radius 2 is 1.81 bits per heavy atom. The fourth-order valence-corrected chi connectivity index (χ4v) is 4.56. The summed E-state index contributed by atoms with van der Waals surface area (Å²) >= 11 is 3.49. The van der Waals surface area contributed by atoms with Crippen molar-refractivity contribution in [2.75, 3.05) is 10.6 Å². The number of carbonyl (C=O) groups excluding carboxylic acids is 2. The van der Waals surface area contributed by atoms with Gasteiger partial charge in [0.15, 0.2) is 0 Å². The van der Waals surface area contributed by atoms with Gasteiger partial charge in [-0.2, -0.15) is 20.0 Å². The zero-order valence-electron chi connectivity index (χ0n) is 20.9. The zero-order chi connectivity index (χ0) is 26.6. The molecule has 2 heterocycles. The van der Waals surface area contributed by atoms with Crippen molar-refractivity contribution in [3.8, 4) is 5.69 Å². The average Bonchev–Trinajstić information content (AvgIpc) is 3.34. The number of anilines is 3. The molecule has 0 saturated heterocycles. The van der Waals surface area contributed by atoms with Gasteiger partial charge in [0, 0.05) is 22.4 Å². The first-order valence-electron chi connectivity index (χ1n) is 11.9. The minimum absolute atomic E-state index is 0.114. The lowest BCUT2D eigenvalue weighted by Gasteiger charge is -2.33. The van der Waals surface area contributed by atoms with E-state index in [0.717, 1.165) is 30.2 Å². The van der Waals surface area contributed by atoms with Crippen molar-refractivity contribution in [1.82, 2.24) is 30.3 Å². The molecule has 0 aliphatic heterocycles. The van der Waals surface area contributed by atoms with Crippen LogP contribution in [0.4, 0.5) is 22.2 Å². The van der Waals surface area contributed by atoms with E-state index in [-0.39, 0.29) is 23.5 Å². The number of carbonyl (C=O) groups is 2. The molecule has 2 atom stereocenters. The summed E-state index contributed by atoms with van der Waals surface area (Å²) in [5.74, 6) is -0.116. The quantitative estimate of drug-likeness (QED) is 0.329. The molecule has 2 aromatic heterocycles. The molecular formula is C24H30BrN9O3. The van der Waals surface area contributed by atoms with Crippen molar-refractivity contribution >= 4 is 45.4 Å². The molecule has 196 valence electrons. The number of alkyl carbamates (subject to hydrolysis) is 1. The van der Waals surface area contributed by atoms with Crippen molar-refractivity contribution in [3.05, 3.63) is 46.8 Å². The van der Waals surface area contributed by atoms with Crippen molar-refractivity contribution in [2.24, 2.45) is 5.73 Å². The van der Waals surface area contributed by atoms with Gasteiger partial charge in [-0.15, -0.1) is 0 Å². The molecule has 0 bridgehead atoms. The molecule has 0 spiro atoms. The Morgan fingerprint density at radius 1 is 1.11 bits per heavy atom. The van der Waals surface area contributed by atoms with Crippen LogP contribution in [0.5, 0.6) is 0 Å². The van der Waals surface area contributed by atoms with E-state index in [1.54, 1.807) is 12.4 Å². The second-order valence-corrected chi connectivity index (χ2v) is 10.7. The van der Waals surface area contributed by atoms with Gasteiger partial charge in [-0.25, -0.2) is 9.78 Å². The van der Waals surface area contributed by atoms with E-state index >= 15 is 0 Å². The maximum absolute atomic E-state index is 12.4. The molecule has 0 unspecified atom stereocenters. The van der Waals surface area contributed by atoms with Crippen LogP contribution in [0.1, 0.15) is 56.8 Å². The van der Waals surface area contributed by atoms with Crippen molar-refractivity contribution in [3.63, 3.8) is 0 Å². The summed E-state index contributed by atoms with van der Waals surface area (Å²) in [6.45, 7) is 5.48. The molecule has 37 heavy (non-hydrogen) atoms. The minimum atomic E-state index is -0.667. The highest BCUT2D eigenvalue weighted by Crippen LogP contribution is 2.27. The molecule has 13 heteroatoms. The van der Waals surface area contributed by atoms with Gasteiger partial charge in [0.05, 0.1) is 24.1 Å². The first kappa shape index (κ1) is 26.3. The standard InChI is InChI=1S/C24H30BrN9O3/c1-24(2,3)37-23(36)32-19-7-5-4-6-18(19)31-22-27-13-17(20(26)35)21(33-22)30-15-10-14(25)11-16(12-15)34-28-8-9-29-34/h8-13,18-19H,4-7H2,1-3H3,(H2,26,35)(H,32,36)(H2,27,30,31,33)/t18-,19+/m1/s1. The lowest BCUT2D eigenvalue weighted by atomic mass is 9.90. The summed E-state index contributed by atoms with van der Waals surface area (Å²) in [5.41, 5.74) is 6.48. The summed E-state index contributed by atoms with van der Waals surface area (Å²) in [4.78, 5) is 34.8. The molecule has 2 amide bonds. The predicted molar refractivity (Wildman–Crippen MR) is 142 cm³/mol. The van der Waals surface area contributed by atoms with Gasteiger partial charge in [-0.1, -0.05) is 28.8 Å². The summed E-state index contributed by atoms with van der Waals surface area (Å²) in [6.07, 6.45) is 7.68. The lowest BCUT2D eigenvalue weighted by molar-refractivity contribution is 0.0488. The number of hydrogen-bond donors (Lipinski definition) is 4. The number of hydrogen-bond acceptors (Lipinski definition) is 9. The average molecular weight is 572 g/mol. The van der Waals surface area contributed by atoms with Gasteiger partial charge in [0.2, 0.25) is 5.95 Å². The van der Waals surface area contributed by atoms with Gasteiger partial charge < -0.3 is 26.4 Å². The van der Waals surface area contributed by atoms with Gasteiger partial charge in [-0.05, 0) is 51.8 Å². The third-order valence-corrected chi connectivity index (χ3v) is 6.09. The molecule has 1 aliphatic rings. The maximum Gasteiger partial charge on any atom is 0.407 e. The molecule has 4 rings (SSSR count). The fourth-order valence-electron chi connectivity index (χ4n) is 4.08. The maximum atomic E-state index is 12.4. The normalized spacial score (nSPS) is 17.6. The summed E-state index contributed by atoms with van der Waals surface area (Å²) < 4.78 is 6.20. The third-order valence-electron chi connectivity index (χ3n) is 5.63. The molecule has 1 aromatic carbocycles. The molecule has 0 radical (unpaired) electrons. The van der Waals surface area contributed by atoms with E-state index in [2.05, 4.69) is 52.0 Å². The van der Waals surface area contributed by atoms with Crippen molar-refractivity contribution < 1.29 is 14.3 Å². The van der Waals surface area contributed by atoms with Gasteiger partial charge in [0.25, 0.3) is 5.91 Å². The van der Waals surface area contributed by atoms with Crippen molar-refractivity contribution in [2.45, 2.75) is 64.1 Å². The Hall–Kier alpha value is -3.74. The molecule has 1 aliphatic carbocycles. The molecular weight excluding hydrogens is 542 g/mol. The highest BCUT2D eigenvalue weighted by atomic mass is 79.9. The van der Waals surface area contributed by atoms with Crippen LogP contribution >= 0.6 is 15.9 Å². The number of primary amides is 1. The van der Waals surface area contributed by atoms with E-state index in [0.29, 0.717) is 17.3 Å². The Morgan fingerprint density at radius 3 is 2.49 bits per heavy atom. The summed E-state index contributed by atoms with van der Waals surface area (Å²) in [5, 5.41) is 17.8. The summed E-state index contributed by atoms with van der Waals surface area (Å²) in [6, 6.07) is 5.22. The number of amides is 2. The molecule has 1 fully saturated rings. The zero-order valence-corrected chi connectivity index (χ0v) is 22.4. The van der Waals surface area contributed by atoms with E-state index in [9.17, 15) is 9.59 Å². The fraction of sp³-hybridized carbons (Fsp3) is 0.417. The Labute approximate surface area is 222 Å². The second-order valence-electron chi connectivity index (χ2n) is 9.75. The van der Waals surface area contributed by atoms with Gasteiger partial charge in [-0.3, -0.25) is 4.79 Å². The minimum Gasteiger partial charge on any atom is -0.444 e. The van der Waals surface area contributed by atoms with E-state index in [1.807, 2.05) is 39.0 Å².